The van der Waals surface area contributed by atoms with Gasteiger partial charge in [-0.25, -0.2) is 4.98 Å². The van der Waals surface area contributed by atoms with E-state index in [-0.39, 0.29) is 33.7 Å². The number of alkyl halides is 3. The number of amides is 2. The van der Waals surface area contributed by atoms with E-state index < -0.39 is 23.7 Å². The van der Waals surface area contributed by atoms with Crippen LogP contribution in [-0.2, 0) is 11.6 Å². The average Bonchev–Trinajstić information content (AvgIpc) is 2.73. The van der Waals surface area contributed by atoms with Crippen LogP contribution in [0.3, 0.4) is 0 Å². The number of primary amides is 1. The predicted octanol–water partition coefficient (Wildman–Crippen LogP) is 4.94. The van der Waals surface area contributed by atoms with Crippen LogP contribution in [0.4, 0.5) is 18.9 Å². The van der Waals surface area contributed by atoms with Gasteiger partial charge in [-0.3, -0.25) is 14.6 Å². The molecule has 172 valence electrons. The van der Waals surface area contributed by atoms with Crippen molar-refractivity contribution in [3.63, 3.8) is 0 Å². The van der Waals surface area contributed by atoms with E-state index in [1.54, 1.807) is 18.2 Å². The van der Waals surface area contributed by atoms with E-state index in [0.717, 1.165) is 23.9 Å². The van der Waals surface area contributed by atoms with E-state index in [0.29, 0.717) is 0 Å². The van der Waals surface area contributed by atoms with E-state index in [2.05, 4.69) is 15.3 Å². The van der Waals surface area contributed by atoms with E-state index in [4.69, 9.17) is 10.5 Å². The highest BCUT2D eigenvalue weighted by atomic mass is 19.4. The van der Waals surface area contributed by atoms with Crippen LogP contribution in [0.2, 0.25) is 0 Å². The van der Waals surface area contributed by atoms with Crippen molar-refractivity contribution in [2.75, 3.05) is 5.32 Å². The van der Waals surface area contributed by atoms with Gasteiger partial charge in [-0.1, -0.05) is 26.8 Å². The third-order valence-corrected chi connectivity index (χ3v) is 4.63. The van der Waals surface area contributed by atoms with E-state index in [1.807, 2.05) is 20.8 Å². The second kappa shape index (κ2) is 8.89. The van der Waals surface area contributed by atoms with Gasteiger partial charge < -0.3 is 15.8 Å². The van der Waals surface area contributed by atoms with Gasteiger partial charge in [0.05, 0.1) is 29.2 Å². The summed E-state index contributed by atoms with van der Waals surface area (Å²) in [5, 5.41) is 2.61. The number of benzene rings is 1. The minimum atomic E-state index is -4.58. The van der Waals surface area contributed by atoms with Crippen molar-refractivity contribution < 1.29 is 27.5 Å². The SMILES string of the molecule is CC(C)(C)c1ccc(C(=O)Nc2cncc(C(N)=O)c2)c(Oc2ccc(C(F)(F)F)nc2)c1. The highest BCUT2D eigenvalue weighted by molar-refractivity contribution is 6.06. The lowest BCUT2D eigenvalue weighted by molar-refractivity contribution is -0.141. The molecule has 0 bridgehead atoms. The summed E-state index contributed by atoms with van der Waals surface area (Å²) in [4.78, 5) is 31.6. The molecule has 3 N–H and O–H groups in total. The van der Waals surface area contributed by atoms with Crippen LogP contribution in [0, 0.1) is 0 Å². The molecule has 0 unspecified atom stereocenters. The Hall–Kier alpha value is -3.95. The predicted molar refractivity (Wildman–Crippen MR) is 115 cm³/mol. The summed E-state index contributed by atoms with van der Waals surface area (Å²) >= 11 is 0. The molecule has 0 aliphatic carbocycles. The van der Waals surface area contributed by atoms with Gasteiger partial charge in [0.15, 0.2) is 0 Å². The van der Waals surface area contributed by atoms with Crippen molar-refractivity contribution >= 4 is 17.5 Å². The standard InChI is InChI=1S/C23H21F3N4O3/c1-22(2,3)14-4-6-17(21(32)30-15-8-13(20(27)31)10-28-11-15)18(9-14)33-16-5-7-19(29-12-16)23(24,25)26/h4-12H,1-3H3,(H2,27,31)(H,30,32). The lowest BCUT2D eigenvalue weighted by atomic mass is 9.86. The second-order valence-corrected chi connectivity index (χ2v) is 8.22. The molecule has 10 heteroatoms. The van der Waals surface area contributed by atoms with Gasteiger partial charge in [-0.15, -0.1) is 0 Å². The molecule has 0 aliphatic heterocycles. The van der Waals surface area contributed by atoms with Gasteiger partial charge in [-0.2, -0.15) is 13.2 Å². The molecule has 0 spiro atoms. The minimum absolute atomic E-state index is 0.0282. The smallest absolute Gasteiger partial charge is 0.433 e. The van der Waals surface area contributed by atoms with Gasteiger partial charge >= 0.3 is 6.18 Å². The van der Waals surface area contributed by atoms with Crippen molar-refractivity contribution in [1.29, 1.82) is 0 Å². The number of halogens is 3. The van der Waals surface area contributed by atoms with Crippen LogP contribution >= 0.6 is 0 Å². The number of rotatable bonds is 5. The summed E-state index contributed by atoms with van der Waals surface area (Å²) in [6.45, 7) is 5.89. The van der Waals surface area contributed by atoms with Crippen molar-refractivity contribution in [3.05, 3.63) is 77.4 Å². The molecule has 0 radical (unpaired) electrons. The van der Waals surface area contributed by atoms with Crippen LogP contribution in [0.25, 0.3) is 0 Å². The zero-order valence-electron chi connectivity index (χ0n) is 18.0. The molecule has 0 saturated carbocycles. The van der Waals surface area contributed by atoms with Gasteiger partial charge in [0, 0.05) is 6.20 Å². The first-order valence-corrected chi connectivity index (χ1v) is 9.76. The Balaban J connectivity index is 1.95. The van der Waals surface area contributed by atoms with Gasteiger partial charge in [0.25, 0.3) is 5.91 Å². The zero-order valence-corrected chi connectivity index (χ0v) is 18.0. The molecule has 1 aromatic carbocycles. The lowest BCUT2D eigenvalue weighted by Crippen LogP contribution is -2.17. The third kappa shape index (κ3) is 5.85. The van der Waals surface area contributed by atoms with Gasteiger partial charge in [0.2, 0.25) is 5.91 Å². The summed E-state index contributed by atoms with van der Waals surface area (Å²) in [5.74, 6) is -1.12. The first kappa shape index (κ1) is 23.7. The maximum Gasteiger partial charge on any atom is 0.433 e. The van der Waals surface area contributed by atoms with E-state index in [1.165, 1.54) is 18.5 Å². The van der Waals surface area contributed by atoms with Crippen molar-refractivity contribution in [2.45, 2.75) is 32.4 Å². The number of hydrogen-bond acceptors (Lipinski definition) is 5. The summed E-state index contributed by atoms with van der Waals surface area (Å²) in [6.07, 6.45) is -1.03. The first-order valence-electron chi connectivity index (χ1n) is 9.76. The molecule has 0 atom stereocenters. The highest BCUT2D eigenvalue weighted by Crippen LogP contribution is 2.33. The molecule has 0 fully saturated rings. The molecule has 0 saturated heterocycles. The Bertz CT molecular complexity index is 1190. The molecule has 7 nitrogen and oxygen atoms in total. The Morgan fingerprint density at radius 1 is 1.00 bits per heavy atom. The van der Waals surface area contributed by atoms with E-state index >= 15 is 0 Å². The lowest BCUT2D eigenvalue weighted by Gasteiger charge is -2.21. The molecule has 2 aromatic heterocycles. The fourth-order valence-electron chi connectivity index (χ4n) is 2.84. The molecule has 3 rings (SSSR count). The van der Waals surface area contributed by atoms with E-state index in [9.17, 15) is 22.8 Å². The average molecular weight is 458 g/mol. The molecule has 33 heavy (non-hydrogen) atoms. The molecular formula is C23H21F3N4O3. The maximum atomic E-state index is 13.0. The monoisotopic (exact) mass is 458 g/mol. The first-order chi connectivity index (χ1) is 15.3. The van der Waals surface area contributed by atoms with Crippen molar-refractivity contribution in [3.8, 4) is 11.5 Å². The van der Waals surface area contributed by atoms with Crippen molar-refractivity contribution in [2.24, 2.45) is 5.73 Å². The van der Waals surface area contributed by atoms with Crippen LogP contribution in [-0.4, -0.2) is 21.8 Å². The molecule has 3 aromatic rings. The highest BCUT2D eigenvalue weighted by Gasteiger charge is 2.32. The Labute approximate surface area is 187 Å². The molecule has 2 amide bonds. The van der Waals surface area contributed by atoms with Crippen LogP contribution in [0.5, 0.6) is 11.5 Å². The second-order valence-electron chi connectivity index (χ2n) is 8.22. The number of pyridine rings is 2. The van der Waals surface area contributed by atoms with Crippen LogP contribution < -0.4 is 15.8 Å². The van der Waals surface area contributed by atoms with Crippen molar-refractivity contribution in [1.82, 2.24) is 9.97 Å². The number of carbonyl (C=O) groups excluding carboxylic acids is 2. The third-order valence-electron chi connectivity index (χ3n) is 4.63. The number of aromatic nitrogens is 2. The minimum Gasteiger partial charge on any atom is -0.455 e. The fourth-order valence-corrected chi connectivity index (χ4v) is 2.84. The number of ether oxygens (including phenoxy) is 1. The quantitative estimate of drug-likeness (QED) is 0.563. The number of nitrogens with zero attached hydrogens (tertiary/aromatic N) is 2. The van der Waals surface area contributed by atoms with Gasteiger partial charge in [0.1, 0.15) is 17.2 Å². The zero-order chi connectivity index (χ0) is 24.4. The summed E-state index contributed by atoms with van der Waals surface area (Å²) < 4.78 is 44.1. The van der Waals surface area contributed by atoms with Gasteiger partial charge in [-0.05, 0) is 41.3 Å². The topological polar surface area (TPSA) is 107 Å². The number of nitrogens with two attached hydrogens (primary N) is 1. The Morgan fingerprint density at radius 2 is 1.73 bits per heavy atom. The molecule has 2 heterocycles. The van der Waals surface area contributed by atoms with Crippen LogP contribution in [0.15, 0.2) is 55.0 Å². The Kier molecular flexibility index (Phi) is 6.39. The normalized spacial score (nSPS) is 11.7. The fraction of sp³-hybridized carbons (Fsp3) is 0.217. The number of carbonyl (C=O) groups is 2. The number of hydrogen-bond donors (Lipinski definition) is 2. The summed E-state index contributed by atoms with van der Waals surface area (Å²) in [5.41, 5.74) is 5.20. The maximum absolute atomic E-state index is 13.0. The van der Waals surface area contributed by atoms with Crippen LogP contribution in [0.1, 0.15) is 52.7 Å². The molecular weight excluding hydrogens is 437 g/mol. The summed E-state index contributed by atoms with van der Waals surface area (Å²) in [6, 6.07) is 8.24. The number of anilines is 1. The molecule has 0 aliphatic rings. The summed E-state index contributed by atoms with van der Waals surface area (Å²) in [7, 11) is 0. The largest absolute Gasteiger partial charge is 0.455 e. The Morgan fingerprint density at radius 3 is 2.30 bits per heavy atom. The number of nitrogens with one attached hydrogen (secondary N) is 1.